The predicted molar refractivity (Wildman–Crippen MR) is 126 cm³/mol. The van der Waals surface area contributed by atoms with E-state index < -0.39 is 5.92 Å². The molecule has 32 heavy (non-hydrogen) atoms. The number of carbonyl (C=O) groups is 1. The summed E-state index contributed by atoms with van der Waals surface area (Å²) in [6.07, 6.45) is 1.06. The summed E-state index contributed by atoms with van der Waals surface area (Å²) in [4.78, 5) is 15.3. The van der Waals surface area contributed by atoms with Crippen molar-refractivity contribution in [2.45, 2.75) is 43.9 Å². The number of benzene rings is 1. The molecule has 0 saturated carbocycles. The van der Waals surface area contributed by atoms with Gasteiger partial charge in [0.05, 0.1) is 24.7 Å². The van der Waals surface area contributed by atoms with E-state index in [-0.39, 0.29) is 11.2 Å². The molecule has 166 valence electrons. The number of aromatic nitrogens is 2. The summed E-state index contributed by atoms with van der Waals surface area (Å²) in [6.45, 7) is 6.21. The number of anilines is 1. The van der Waals surface area contributed by atoms with E-state index in [9.17, 15) is 10.1 Å². The van der Waals surface area contributed by atoms with Crippen LogP contribution < -0.4 is 15.4 Å². The highest BCUT2D eigenvalue weighted by molar-refractivity contribution is 8.01. The van der Waals surface area contributed by atoms with Crippen LogP contribution in [0.4, 0.5) is 5.13 Å². The van der Waals surface area contributed by atoms with Gasteiger partial charge < -0.3 is 10.5 Å². The highest BCUT2D eigenvalue weighted by Crippen LogP contribution is 2.50. The van der Waals surface area contributed by atoms with Gasteiger partial charge in [0.25, 0.3) is 0 Å². The Morgan fingerprint density at radius 3 is 2.66 bits per heavy atom. The third kappa shape index (κ3) is 3.89. The molecular formula is C23H25N5O2S2. The van der Waals surface area contributed by atoms with Crippen molar-refractivity contribution in [3.05, 3.63) is 52.5 Å². The second-order valence-corrected chi connectivity index (χ2v) is 11.0. The van der Waals surface area contributed by atoms with Gasteiger partial charge in [-0.15, -0.1) is 10.2 Å². The van der Waals surface area contributed by atoms with Crippen LogP contribution in [-0.4, -0.2) is 28.8 Å². The maximum Gasteiger partial charge on any atom is 0.219 e. The van der Waals surface area contributed by atoms with Crippen LogP contribution in [0.15, 0.2) is 51.3 Å². The molecule has 1 aliphatic carbocycles. The van der Waals surface area contributed by atoms with Gasteiger partial charge in [0, 0.05) is 17.7 Å². The number of ether oxygens (including phenoxy) is 1. The summed E-state index contributed by atoms with van der Waals surface area (Å²) in [5.41, 5.74) is 9.02. The predicted octanol–water partition coefficient (Wildman–Crippen LogP) is 4.60. The number of carbonyl (C=O) groups excluding carboxylic acids is 1. The SMILES string of the molecule is CCSc1nnc(N2C(N)=C(C#N)C(c3ccc(OC)cc3)C3=C2CC(C)(C)CC3=O)s1. The molecule has 0 spiro atoms. The minimum Gasteiger partial charge on any atom is -0.497 e. The van der Waals surface area contributed by atoms with Gasteiger partial charge >= 0.3 is 0 Å². The van der Waals surface area contributed by atoms with Gasteiger partial charge in [-0.1, -0.05) is 56.0 Å². The van der Waals surface area contributed by atoms with Gasteiger partial charge in [-0.2, -0.15) is 5.26 Å². The van der Waals surface area contributed by atoms with Crippen LogP contribution in [0.3, 0.4) is 0 Å². The lowest BCUT2D eigenvalue weighted by molar-refractivity contribution is -0.118. The summed E-state index contributed by atoms with van der Waals surface area (Å²) in [6, 6.07) is 9.74. The fourth-order valence-electron chi connectivity index (χ4n) is 4.33. The van der Waals surface area contributed by atoms with Crippen molar-refractivity contribution in [3.8, 4) is 11.8 Å². The molecule has 1 aromatic carbocycles. The number of methoxy groups -OCH3 is 1. The van der Waals surface area contributed by atoms with E-state index in [4.69, 9.17) is 10.5 Å². The molecule has 4 rings (SSSR count). The van der Waals surface area contributed by atoms with Gasteiger partial charge in [-0.05, 0) is 35.3 Å². The number of rotatable bonds is 5. The third-order valence-electron chi connectivity index (χ3n) is 5.69. The molecular weight excluding hydrogens is 442 g/mol. The highest BCUT2D eigenvalue weighted by atomic mass is 32.2. The number of Topliss-reactive ketones (excluding diaryl/α,β-unsaturated/α-hetero) is 1. The molecule has 0 bridgehead atoms. The first-order chi connectivity index (χ1) is 15.3. The zero-order chi connectivity index (χ0) is 23.0. The fraction of sp³-hybridized carbons (Fsp3) is 0.391. The lowest BCUT2D eigenvalue weighted by Gasteiger charge is -2.42. The van der Waals surface area contributed by atoms with Crippen LogP contribution in [0.2, 0.25) is 0 Å². The van der Waals surface area contributed by atoms with Crippen molar-refractivity contribution < 1.29 is 9.53 Å². The monoisotopic (exact) mass is 467 g/mol. The van der Waals surface area contributed by atoms with Gasteiger partial charge in [0.2, 0.25) is 5.13 Å². The van der Waals surface area contributed by atoms with E-state index in [0.29, 0.717) is 40.7 Å². The Morgan fingerprint density at radius 2 is 2.03 bits per heavy atom. The summed E-state index contributed by atoms with van der Waals surface area (Å²) < 4.78 is 6.11. The lowest BCUT2D eigenvalue weighted by Crippen LogP contribution is -2.42. The largest absolute Gasteiger partial charge is 0.497 e. The average molecular weight is 468 g/mol. The fourth-order valence-corrected chi connectivity index (χ4v) is 6.11. The first-order valence-corrected chi connectivity index (χ1v) is 12.2. The molecule has 1 atom stereocenters. The van der Waals surface area contributed by atoms with Gasteiger partial charge in [0.1, 0.15) is 11.6 Å². The molecule has 1 aromatic heterocycles. The van der Waals surface area contributed by atoms with Crippen LogP contribution in [0, 0.1) is 16.7 Å². The Labute approximate surface area is 196 Å². The number of nitrogens with zero attached hydrogens (tertiary/aromatic N) is 4. The molecule has 1 aliphatic heterocycles. The minimum atomic E-state index is -0.516. The second-order valence-electron chi connectivity index (χ2n) is 8.54. The second kappa shape index (κ2) is 8.60. The molecule has 2 N–H and O–H groups in total. The first-order valence-electron chi connectivity index (χ1n) is 10.4. The Kier molecular flexibility index (Phi) is 6.01. The van der Waals surface area contributed by atoms with Crippen LogP contribution >= 0.6 is 23.1 Å². The van der Waals surface area contributed by atoms with Crippen molar-refractivity contribution in [3.63, 3.8) is 0 Å². The van der Waals surface area contributed by atoms with Crippen molar-refractivity contribution in [2.75, 3.05) is 17.8 Å². The highest BCUT2D eigenvalue weighted by Gasteiger charge is 2.45. The van der Waals surface area contributed by atoms with Gasteiger partial charge in [-0.3, -0.25) is 9.69 Å². The van der Waals surface area contributed by atoms with E-state index in [1.807, 2.05) is 24.3 Å². The average Bonchev–Trinajstić information content (AvgIpc) is 3.20. The molecule has 2 heterocycles. The van der Waals surface area contributed by atoms with E-state index in [2.05, 4.69) is 37.0 Å². The Morgan fingerprint density at radius 1 is 1.31 bits per heavy atom. The number of nitrogens with two attached hydrogens (primary N) is 1. The molecule has 1 unspecified atom stereocenters. The molecule has 9 heteroatoms. The van der Waals surface area contributed by atoms with Crippen LogP contribution in [0.25, 0.3) is 0 Å². The summed E-state index contributed by atoms with van der Waals surface area (Å²) in [5, 5.41) is 19.3. The van der Waals surface area contributed by atoms with E-state index >= 15 is 0 Å². The maximum absolute atomic E-state index is 13.5. The maximum atomic E-state index is 13.5. The summed E-state index contributed by atoms with van der Waals surface area (Å²) >= 11 is 3.02. The van der Waals surface area contributed by atoms with Crippen molar-refractivity contribution in [1.82, 2.24) is 10.2 Å². The quantitative estimate of drug-likeness (QED) is 0.636. The number of allylic oxidation sites excluding steroid dienone is 3. The molecule has 2 aliphatic rings. The zero-order valence-electron chi connectivity index (χ0n) is 18.5. The Balaban J connectivity index is 1.92. The number of hydrogen-bond donors (Lipinski definition) is 1. The van der Waals surface area contributed by atoms with E-state index in [1.54, 1.807) is 23.8 Å². The molecule has 7 nitrogen and oxygen atoms in total. The van der Waals surface area contributed by atoms with E-state index in [1.165, 1.54) is 11.3 Å². The topological polar surface area (TPSA) is 105 Å². The minimum absolute atomic E-state index is 0.0370. The van der Waals surface area contributed by atoms with Crippen molar-refractivity contribution >= 4 is 34.0 Å². The molecule has 2 aromatic rings. The molecule has 0 saturated heterocycles. The molecule has 0 radical (unpaired) electrons. The number of nitriles is 1. The van der Waals surface area contributed by atoms with Crippen molar-refractivity contribution in [1.29, 1.82) is 5.26 Å². The van der Waals surface area contributed by atoms with Crippen LogP contribution in [-0.2, 0) is 4.79 Å². The standard InChI is InChI=1S/C23H25N5O2S2/c1-5-31-22-27-26-21(32-22)28-16-10-23(2,3)11-17(29)19(16)18(15(12-24)20(28)25)13-6-8-14(30-4)9-7-13/h6-9,18H,5,10-11,25H2,1-4H3. The van der Waals surface area contributed by atoms with E-state index in [0.717, 1.165) is 21.4 Å². The lowest BCUT2D eigenvalue weighted by atomic mass is 9.68. The number of ketones is 1. The number of hydrogen-bond acceptors (Lipinski definition) is 9. The van der Waals surface area contributed by atoms with Gasteiger partial charge in [-0.25, -0.2) is 0 Å². The van der Waals surface area contributed by atoms with Crippen LogP contribution in [0.5, 0.6) is 5.75 Å². The zero-order valence-corrected chi connectivity index (χ0v) is 20.1. The summed E-state index contributed by atoms with van der Waals surface area (Å²) in [5.74, 6) is 1.42. The number of thioether (sulfide) groups is 1. The normalized spacial score (nSPS) is 20.3. The van der Waals surface area contributed by atoms with Crippen molar-refractivity contribution in [2.24, 2.45) is 11.1 Å². The first kappa shape index (κ1) is 22.4. The summed E-state index contributed by atoms with van der Waals surface area (Å²) in [7, 11) is 1.60. The Bertz CT molecular complexity index is 1160. The molecule has 0 amide bonds. The smallest absolute Gasteiger partial charge is 0.219 e. The van der Waals surface area contributed by atoms with Crippen LogP contribution in [0.1, 0.15) is 45.1 Å². The van der Waals surface area contributed by atoms with Gasteiger partial charge in [0.15, 0.2) is 10.1 Å². The third-order valence-corrected chi connectivity index (χ3v) is 7.61. The Hall–Kier alpha value is -2.83. The molecule has 0 fully saturated rings.